The molecule has 2 amide bonds. The number of primary amides is 1. The first-order valence-corrected chi connectivity index (χ1v) is 8.74. The minimum absolute atomic E-state index is 0.0190. The van der Waals surface area contributed by atoms with Crippen molar-refractivity contribution in [1.82, 2.24) is 0 Å². The molecule has 28 heavy (non-hydrogen) atoms. The van der Waals surface area contributed by atoms with Gasteiger partial charge in [0.1, 0.15) is 5.75 Å². The van der Waals surface area contributed by atoms with Crippen molar-refractivity contribution < 1.29 is 23.9 Å². The Kier molecular flexibility index (Phi) is 6.76. The zero-order valence-corrected chi connectivity index (χ0v) is 16.2. The van der Waals surface area contributed by atoms with E-state index in [2.05, 4.69) is 26.1 Å². The number of para-hydroxylation sites is 1. The summed E-state index contributed by atoms with van der Waals surface area (Å²) in [4.78, 5) is 35.0. The Morgan fingerprint density at radius 3 is 2.21 bits per heavy atom. The van der Waals surface area contributed by atoms with Gasteiger partial charge in [-0.15, -0.1) is 0 Å². The number of benzene rings is 2. The van der Waals surface area contributed by atoms with E-state index in [1.54, 1.807) is 24.3 Å². The summed E-state index contributed by atoms with van der Waals surface area (Å²) in [7, 11) is 0. The molecule has 0 atom stereocenters. The van der Waals surface area contributed by atoms with Crippen LogP contribution in [0, 0.1) is 0 Å². The van der Waals surface area contributed by atoms with Gasteiger partial charge in [-0.05, 0) is 35.2 Å². The highest BCUT2D eigenvalue weighted by molar-refractivity contribution is 5.95. The summed E-state index contributed by atoms with van der Waals surface area (Å²) < 4.78 is 10.1. The summed E-state index contributed by atoms with van der Waals surface area (Å²) in [5.41, 5.74) is 7.17. The molecule has 148 valence electrons. The number of anilines is 1. The van der Waals surface area contributed by atoms with Gasteiger partial charge in [0.05, 0.1) is 5.56 Å². The number of carbonyl (C=O) groups is 3. The number of amides is 2. The largest absolute Gasteiger partial charge is 0.481 e. The van der Waals surface area contributed by atoms with Crippen LogP contribution in [0.25, 0.3) is 0 Å². The van der Waals surface area contributed by atoms with E-state index in [-0.39, 0.29) is 16.7 Å². The van der Waals surface area contributed by atoms with Gasteiger partial charge >= 0.3 is 5.97 Å². The molecule has 0 unspecified atom stereocenters. The molecule has 2 aromatic carbocycles. The van der Waals surface area contributed by atoms with Crippen molar-refractivity contribution in [3.8, 4) is 5.75 Å². The van der Waals surface area contributed by atoms with Crippen LogP contribution in [0.5, 0.6) is 5.75 Å². The quantitative estimate of drug-likeness (QED) is 0.714. The minimum Gasteiger partial charge on any atom is -0.481 e. The Hall–Kier alpha value is -3.35. The maximum atomic E-state index is 11.9. The van der Waals surface area contributed by atoms with Gasteiger partial charge in [0.15, 0.2) is 13.2 Å². The van der Waals surface area contributed by atoms with Crippen LogP contribution in [0.15, 0.2) is 48.5 Å². The van der Waals surface area contributed by atoms with E-state index in [4.69, 9.17) is 15.2 Å². The van der Waals surface area contributed by atoms with Crippen molar-refractivity contribution >= 4 is 23.5 Å². The summed E-state index contributed by atoms with van der Waals surface area (Å²) in [6.45, 7) is 5.41. The van der Waals surface area contributed by atoms with Crippen molar-refractivity contribution in [2.75, 3.05) is 18.5 Å². The van der Waals surface area contributed by atoms with Crippen molar-refractivity contribution in [3.63, 3.8) is 0 Å². The molecule has 0 aromatic heterocycles. The third-order valence-corrected chi connectivity index (χ3v) is 3.90. The van der Waals surface area contributed by atoms with Crippen LogP contribution in [-0.2, 0) is 19.7 Å². The number of carbonyl (C=O) groups excluding carboxylic acids is 3. The van der Waals surface area contributed by atoms with Crippen LogP contribution in [0.3, 0.4) is 0 Å². The Balaban J connectivity index is 1.80. The molecule has 0 aliphatic rings. The molecule has 0 heterocycles. The van der Waals surface area contributed by atoms with E-state index in [9.17, 15) is 14.4 Å². The number of nitrogens with two attached hydrogens (primary N) is 1. The van der Waals surface area contributed by atoms with Gasteiger partial charge in [-0.3, -0.25) is 9.59 Å². The third-order valence-electron chi connectivity index (χ3n) is 3.90. The van der Waals surface area contributed by atoms with Crippen LogP contribution < -0.4 is 15.8 Å². The maximum Gasteiger partial charge on any atom is 0.344 e. The lowest BCUT2D eigenvalue weighted by atomic mass is 9.87. The molecule has 0 aliphatic carbocycles. The average Bonchev–Trinajstić information content (AvgIpc) is 2.64. The van der Waals surface area contributed by atoms with Gasteiger partial charge in [0, 0.05) is 5.69 Å². The highest BCUT2D eigenvalue weighted by Crippen LogP contribution is 2.23. The fourth-order valence-electron chi connectivity index (χ4n) is 2.37. The van der Waals surface area contributed by atoms with Crippen molar-refractivity contribution in [3.05, 3.63) is 59.7 Å². The monoisotopic (exact) mass is 384 g/mol. The molecule has 3 N–H and O–H groups in total. The zero-order valence-electron chi connectivity index (χ0n) is 16.2. The molecule has 2 rings (SSSR count). The van der Waals surface area contributed by atoms with Gasteiger partial charge in [0.25, 0.3) is 11.8 Å². The van der Waals surface area contributed by atoms with Crippen LogP contribution in [0.1, 0.15) is 36.7 Å². The second-order valence-electron chi connectivity index (χ2n) is 7.19. The summed E-state index contributed by atoms with van der Waals surface area (Å²) in [5.74, 6) is -1.69. The fraction of sp³-hybridized carbons (Fsp3) is 0.286. The van der Waals surface area contributed by atoms with Crippen molar-refractivity contribution in [2.45, 2.75) is 26.2 Å². The molecular formula is C21H24N2O5. The van der Waals surface area contributed by atoms with Gasteiger partial charge in [-0.1, -0.05) is 45.0 Å². The Labute approximate surface area is 163 Å². The average molecular weight is 384 g/mol. The first kappa shape index (κ1) is 21.0. The van der Waals surface area contributed by atoms with Crippen molar-refractivity contribution in [1.29, 1.82) is 0 Å². The molecule has 0 saturated heterocycles. The number of esters is 1. The SMILES string of the molecule is CC(C)(C)c1ccc(NC(=O)COC(=O)COc2ccccc2C(N)=O)cc1. The topological polar surface area (TPSA) is 108 Å². The highest BCUT2D eigenvalue weighted by Gasteiger charge is 2.14. The lowest BCUT2D eigenvalue weighted by molar-refractivity contribution is -0.149. The normalized spacial score (nSPS) is 10.8. The Morgan fingerprint density at radius 1 is 0.964 bits per heavy atom. The van der Waals surface area contributed by atoms with Gasteiger partial charge in [-0.2, -0.15) is 0 Å². The molecule has 0 saturated carbocycles. The second kappa shape index (κ2) is 9.03. The smallest absolute Gasteiger partial charge is 0.344 e. The minimum atomic E-state index is -0.738. The fourth-order valence-corrected chi connectivity index (χ4v) is 2.37. The predicted octanol–water partition coefficient (Wildman–Crippen LogP) is 2.64. The van der Waals surface area contributed by atoms with Gasteiger partial charge in [-0.25, -0.2) is 4.79 Å². The Bertz CT molecular complexity index is 854. The van der Waals surface area contributed by atoms with E-state index < -0.39 is 31.0 Å². The number of ether oxygens (including phenoxy) is 2. The highest BCUT2D eigenvalue weighted by atomic mass is 16.6. The van der Waals surface area contributed by atoms with E-state index >= 15 is 0 Å². The molecule has 2 aromatic rings. The number of hydrogen-bond donors (Lipinski definition) is 2. The molecule has 7 heteroatoms. The van der Waals surface area contributed by atoms with Gasteiger partial charge in [0.2, 0.25) is 0 Å². The molecule has 0 aliphatic heterocycles. The van der Waals surface area contributed by atoms with E-state index in [1.165, 1.54) is 12.1 Å². The first-order chi connectivity index (χ1) is 13.2. The first-order valence-electron chi connectivity index (χ1n) is 8.74. The maximum absolute atomic E-state index is 11.9. The predicted molar refractivity (Wildman–Crippen MR) is 105 cm³/mol. The van der Waals surface area contributed by atoms with Gasteiger partial charge < -0.3 is 20.5 Å². The van der Waals surface area contributed by atoms with E-state index in [1.807, 2.05) is 12.1 Å². The molecular weight excluding hydrogens is 360 g/mol. The summed E-state index contributed by atoms with van der Waals surface area (Å²) in [5, 5.41) is 2.66. The van der Waals surface area contributed by atoms with Crippen LogP contribution in [0.4, 0.5) is 5.69 Å². The molecule has 0 spiro atoms. The number of hydrogen-bond acceptors (Lipinski definition) is 5. The second-order valence-corrected chi connectivity index (χ2v) is 7.19. The number of nitrogens with one attached hydrogen (secondary N) is 1. The van der Waals surface area contributed by atoms with Crippen molar-refractivity contribution in [2.24, 2.45) is 5.73 Å². The standard InChI is InChI=1S/C21H24N2O5/c1-21(2,3)14-8-10-15(11-9-14)23-18(24)12-28-19(25)13-27-17-7-5-4-6-16(17)20(22)26/h4-11H,12-13H2,1-3H3,(H2,22,26)(H,23,24). The molecule has 7 nitrogen and oxygen atoms in total. The van der Waals surface area contributed by atoms with E-state index in [0.717, 1.165) is 5.56 Å². The third kappa shape index (κ3) is 6.12. The Morgan fingerprint density at radius 2 is 1.61 bits per heavy atom. The number of rotatable bonds is 7. The molecule has 0 fully saturated rings. The summed E-state index contributed by atoms with van der Waals surface area (Å²) in [6, 6.07) is 13.7. The van der Waals surface area contributed by atoms with Crippen LogP contribution in [0.2, 0.25) is 0 Å². The lowest BCUT2D eigenvalue weighted by Gasteiger charge is -2.19. The molecule has 0 bridgehead atoms. The molecule has 0 radical (unpaired) electrons. The van der Waals surface area contributed by atoms with Crippen LogP contribution in [-0.4, -0.2) is 31.0 Å². The zero-order chi connectivity index (χ0) is 20.7. The summed E-state index contributed by atoms with van der Waals surface area (Å²) in [6.07, 6.45) is 0. The van der Waals surface area contributed by atoms with E-state index in [0.29, 0.717) is 5.69 Å². The summed E-state index contributed by atoms with van der Waals surface area (Å²) >= 11 is 0. The lowest BCUT2D eigenvalue weighted by Crippen LogP contribution is -2.24. The van der Waals surface area contributed by atoms with Crippen LogP contribution >= 0.6 is 0 Å².